The molecule has 21 unspecified atom stereocenters. The van der Waals surface area contributed by atoms with E-state index in [-0.39, 0.29) is 41.3 Å². The average Bonchev–Trinajstić information content (AvgIpc) is 3.42. The van der Waals surface area contributed by atoms with Crippen molar-refractivity contribution in [2.75, 3.05) is 19.8 Å². The van der Waals surface area contributed by atoms with Crippen LogP contribution >= 0.6 is 0 Å². The molecule has 14 nitrogen and oxygen atoms in total. The van der Waals surface area contributed by atoms with Gasteiger partial charge in [0, 0.05) is 6.61 Å². The van der Waals surface area contributed by atoms with Gasteiger partial charge in [0.1, 0.15) is 48.8 Å². The van der Waals surface area contributed by atoms with Crippen LogP contribution in [0.2, 0.25) is 0 Å². The molecule has 0 aromatic carbocycles. The largest absolute Gasteiger partial charge is 0.396 e. The normalized spacial score (nSPS) is 50.3. The second kappa shape index (κ2) is 16.6. The van der Waals surface area contributed by atoms with Crippen LogP contribution in [0.5, 0.6) is 0 Å². The summed E-state index contributed by atoms with van der Waals surface area (Å²) in [5.41, 5.74) is 1.12. The van der Waals surface area contributed by atoms with E-state index in [0.29, 0.717) is 37.0 Å². The van der Waals surface area contributed by atoms with Crippen molar-refractivity contribution in [2.45, 2.75) is 165 Å². The first-order chi connectivity index (χ1) is 25.1. The molecule has 0 amide bonds. The second-order valence-electron chi connectivity index (χ2n) is 17.9. The van der Waals surface area contributed by atoms with Gasteiger partial charge in [0.05, 0.1) is 31.5 Å². The van der Waals surface area contributed by atoms with Gasteiger partial charge in [-0.1, -0.05) is 39.3 Å². The number of allylic oxidation sites excluding steroid dienone is 1. The Hall–Kier alpha value is -0.820. The number of aliphatic hydroxyl groups excluding tert-OH is 10. The lowest BCUT2D eigenvalue weighted by molar-refractivity contribution is -0.372. The van der Waals surface area contributed by atoms with Crippen LogP contribution in [0, 0.1) is 46.3 Å². The molecule has 10 N–H and O–H groups in total. The zero-order chi connectivity index (χ0) is 38.6. The Labute approximate surface area is 312 Å². The Morgan fingerprint density at radius 1 is 0.792 bits per heavy atom. The zero-order valence-corrected chi connectivity index (χ0v) is 31.6. The van der Waals surface area contributed by atoms with Crippen molar-refractivity contribution in [3.05, 3.63) is 11.6 Å². The van der Waals surface area contributed by atoms with E-state index in [1.807, 2.05) is 6.92 Å². The molecule has 0 aromatic rings. The van der Waals surface area contributed by atoms with Gasteiger partial charge in [0.25, 0.3) is 0 Å². The number of rotatable bonds is 12. The van der Waals surface area contributed by atoms with Crippen LogP contribution in [0.15, 0.2) is 11.6 Å². The summed E-state index contributed by atoms with van der Waals surface area (Å²) in [5, 5.41) is 105. The average molecular weight is 759 g/mol. The molecular weight excluding hydrogens is 692 g/mol. The van der Waals surface area contributed by atoms with E-state index in [1.165, 1.54) is 5.57 Å². The quantitative estimate of drug-likeness (QED) is 0.118. The molecule has 5 fully saturated rings. The van der Waals surface area contributed by atoms with E-state index in [4.69, 9.17) is 18.9 Å². The Morgan fingerprint density at radius 2 is 1.45 bits per heavy atom. The molecule has 0 spiro atoms. The van der Waals surface area contributed by atoms with Crippen molar-refractivity contribution in [3.8, 4) is 0 Å². The van der Waals surface area contributed by atoms with Gasteiger partial charge in [-0.3, -0.25) is 0 Å². The molecule has 0 radical (unpaired) electrons. The molecule has 6 aliphatic rings. The Morgan fingerprint density at radius 3 is 2.11 bits per heavy atom. The van der Waals surface area contributed by atoms with E-state index in [0.717, 1.165) is 38.5 Å². The minimum Gasteiger partial charge on any atom is -0.396 e. The lowest BCUT2D eigenvalue weighted by Gasteiger charge is -2.58. The minimum absolute atomic E-state index is 0.000420. The van der Waals surface area contributed by atoms with E-state index in [2.05, 4.69) is 26.8 Å². The summed E-state index contributed by atoms with van der Waals surface area (Å²) in [4.78, 5) is 0. The lowest BCUT2D eigenvalue weighted by atomic mass is 9.47. The van der Waals surface area contributed by atoms with Crippen molar-refractivity contribution >= 4 is 0 Å². The van der Waals surface area contributed by atoms with Gasteiger partial charge < -0.3 is 70.0 Å². The fourth-order valence-corrected chi connectivity index (χ4v) is 11.6. The monoisotopic (exact) mass is 758 g/mol. The van der Waals surface area contributed by atoms with Crippen LogP contribution in [0.4, 0.5) is 0 Å². The topological polar surface area (TPSA) is 239 Å². The van der Waals surface area contributed by atoms with E-state index < -0.39 is 86.8 Å². The molecular formula is C39H66O14. The van der Waals surface area contributed by atoms with Crippen LogP contribution < -0.4 is 0 Å². The Kier molecular flexibility index (Phi) is 13.1. The molecule has 53 heavy (non-hydrogen) atoms. The highest BCUT2D eigenvalue weighted by molar-refractivity contribution is 5.26. The van der Waals surface area contributed by atoms with Crippen LogP contribution in [0.25, 0.3) is 0 Å². The van der Waals surface area contributed by atoms with Crippen LogP contribution in [-0.4, -0.2) is 151 Å². The maximum absolute atomic E-state index is 11.6. The molecule has 14 heteroatoms. The van der Waals surface area contributed by atoms with Crippen molar-refractivity contribution < 1.29 is 70.0 Å². The van der Waals surface area contributed by atoms with Crippen molar-refractivity contribution in [1.29, 1.82) is 0 Å². The van der Waals surface area contributed by atoms with Gasteiger partial charge in [-0.05, 0) is 104 Å². The van der Waals surface area contributed by atoms with Crippen LogP contribution in [-0.2, 0) is 18.9 Å². The lowest BCUT2D eigenvalue weighted by Crippen LogP contribution is -2.65. The molecule has 21 atom stereocenters. The molecule has 0 bridgehead atoms. The number of hydrogen-bond acceptors (Lipinski definition) is 14. The number of aliphatic hydroxyl groups is 10. The van der Waals surface area contributed by atoms with Crippen LogP contribution in [0.1, 0.15) is 85.5 Å². The first-order valence-electron chi connectivity index (χ1n) is 20.0. The van der Waals surface area contributed by atoms with Crippen LogP contribution in [0.3, 0.4) is 0 Å². The standard InChI is InChI=1S/C39H66O14/c1-18(15-40)5-8-25(43)19(2)29-26(44)14-24-22-7-6-20-13-21(9-11-38(20,3)23(22)10-12-39(24,29)4)50-37-35(33(48)31(46)28(17-42)52-37)53-36-34(49)32(47)30(45)27(16-41)51-36/h6,18-19,21-37,40-49H,5,7-17H2,1-4H3. The van der Waals surface area contributed by atoms with Crippen molar-refractivity contribution in [1.82, 2.24) is 0 Å². The number of fused-ring (bicyclic) bond motifs is 5. The maximum atomic E-state index is 11.6. The summed E-state index contributed by atoms with van der Waals surface area (Å²) in [6.07, 6.45) is -6.95. The third kappa shape index (κ3) is 7.65. The summed E-state index contributed by atoms with van der Waals surface area (Å²) in [7, 11) is 0. The van der Waals surface area contributed by atoms with Gasteiger partial charge in [-0.15, -0.1) is 0 Å². The van der Waals surface area contributed by atoms with Crippen molar-refractivity contribution in [2.24, 2.45) is 46.3 Å². The molecule has 0 aromatic heterocycles. The van der Waals surface area contributed by atoms with Gasteiger partial charge in [0.2, 0.25) is 0 Å². The Balaban J connectivity index is 1.15. The highest BCUT2D eigenvalue weighted by Gasteiger charge is 2.62. The predicted octanol–water partition coefficient (Wildman–Crippen LogP) is -0.0489. The number of hydrogen-bond donors (Lipinski definition) is 10. The zero-order valence-electron chi connectivity index (χ0n) is 31.6. The van der Waals surface area contributed by atoms with Gasteiger partial charge in [-0.25, -0.2) is 0 Å². The molecule has 4 aliphatic carbocycles. The van der Waals surface area contributed by atoms with E-state index >= 15 is 0 Å². The van der Waals surface area contributed by atoms with E-state index in [1.54, 1.807) is 0 Å². The summed E-state index contributed by atoms with van der Waals surface area (Å²) in [6.45, 7) is 7.57. The second-order valence-corrected chi connectivity index (χ2v) is 17.9. The first kappa shape index (κ1) is 41.8. The third-order valence-electron chi connectivity index (χ3n) is 14.9. The molecule has 6 rings (SSSR count). The Bertz CT molecular complexity index is 1250. The van der Waals surface area contributed by atoms with E-state index in [9.17, 15) is 51.1 Å². The highest BCUT2D eigenvalue weighted by Crippen LogP contribution is 2.67. The summed E-state index contributed by atoms with van der Waals surface area (Å²) in [5.74, 6) is 1.23. The first-order valence-corrected chi connectivity index (χ1v) is 20.0. The minimum atomic E-state index is -1.74. The predicted molar refractivity (Wildman–Crippen MR) is 189 cm³/mol. The molecule has 3 saturated carbocycles. The number of ether oxygens (including phenoxy) is 4. The fraction of sp³-hybridized carbons (Fsp3) is 0.949. The maximum Gasteiger partial charge on any atom is 0.187 e. The summed E-state index contributed by atoms with van der Waals surface area (Å²) in [6, 6.07) is 0. The highest BCUT2D eigenvalue weighted by atomic mass is 16.8. The molecule has 2 heterocycles. The molecule has 2 aliphatic heterocycles. The van der Waals surface area contributed by atoms with Crippen molar-refractivity contribution in [3.63, 3.8) is 0 Å². The SMILES string of the molecule is CC(CO)CCC(O)C(C)C1C(O)CC2C3CC=C4CC(OC5OC(CO)C(O)C(O)C5OC5OC(CO)C(O)C(O)C5O)CCC4(C)C3CCC21C. The summed E-state index contributed by atoms with van der Waals surface area (Å²) >= 11 is 0. The fourth-order valence-electron chi connectivity index (χ4n) is 11.6. The van der Waals surface area contributed by atoms with Gasteiger partial charge in [-0.2, -0.15) is 0 Å². The molecule has 306 valence electrons. The van der Waals surface area contributed by atoms with Gasteiger partial charge in [0.15, 0.2) is 12.6 Å². The third-order valence-corrected chi connectivity index (χ3v) is 14.9. The van der Waals surface area contributed by atoms with Gasteiger partial charge >= 0.3 is 0 Å². The summed E-state index contributed by atoms with van der Waals surface area (Å²) < 4.78 is 23.8. The smallest absolute Gasteiger partial charge is 0.187 e. The molecule has 2 saturated heterocycles.